The van der Waals surface area contributed by atoms with E-state index in [1.54, 1.807) is 23.5 Å². The zero-order valence-corrected chi connectivity index (χ0v) is 21.4. The average Bonchev–Trinajstić information content (AvgIpc) is 3.32. The minimum absolute atomic E-state index is 0.0891. The summed E-state index contributed by atoms with van der Waals surface area (Å²) in [5.74, 6) is -0.454. The Hall–Kier alpha value is -3.01. The van der Waals surface area contributed by atoms with Crippen molar-refractivity contribution in [3.8, 4) is 0 Å². The van der Waals surface area contributed by atoms with E-state index >= 15 is 0 Å². The molecule has 0 saturated heterocycles. The van der Waals surface area contributed by atoms with Gasteiger partial charge in [0.25, 0.3) is 0 Å². The summed E-state index contributed by atoms with van der Waals surface area (Å²) in [7, 11) is -3.90. The maximum atomic E-state index is 13.6. The Labute approximate surface area is 210 Å². The number of benzene rings is 2. The molecule has 4 rings (SSSR count). The molecule has 0 saturated carbocycles. The molecule has 0 fully saturated rings. The second-order valence-electron chi connectivity index (χ2n) is 8.49. The fourth-order valence-electron chi connectivity index (χ4n) is 4.42. The Morgan fingerprint density at radius 3 is 2.46 bits per heavy atom. The van der Waals surface area contributed by atoms with Crippen LogP contribution in [0.1, 0.15) is 42.3 Å². The summed E-state index contributed by atoms with van der Waals surface area (Å²) in [5, 5.41) is 4.68. The number of nitrogens with zero attached hydrogens (tertiary/aromatic N) is 2. The molecular weight excluding hydrogens is 482 g/mol. The fourth-order valence-corrected chi connectivity index (χ4v) is 6.80. The first kappa shape index (κ1) is 25.1. The van der Waals surface area contributed by atoms with Gasteiger partial charge < -0.3 is 10.2 Å². The van der Waals surface area contributed by atoms with E-state index < -0.39 is 10.0 Å². The predicted octanol–water partition coefficient (Wildman–Crippen LogP) is 4.28. The molecule has 1 N–H and O–H groups in total. The molecule has 0 aliphatic carbocycles. The summed E-state index contributed by atoms with van der Waals surface area (Å²) in [4.78, 5) is 28.1. The van der Waals surface area contributed by atoms with Gasteiger partial charge in [-0.2, -0.15) is 4.31 Å². The molecular formula is C26H29N3O4S2. The van der Waals surface area contributed by atoms with Crippen LogP contribution in [0.5, 0.6) is 0 Å². The summed E-state index contributed by atoms with van der Waals surface area (Å²) < 4.78 is 28.2. The minimum atomic E-state index is -3.90. The lowest BCUT2D eigenvalue weighted by molar-refractivity contribution is -0.133. The smallest absolute Gasteiger partial charge is 0.243 e. The number of sulfonamides is 1. The Kier molecular flexibility index (Phi) is 7.69. The average molecular weight is 512 g/mol. The van der Waals surface area contributed by atoms with Crippen molar-refractivity contribution in [1.29, 1.82) is 0 Å². The van der Waals surface area contributed by atoms with Crippen LogP contribution >= 0.6 is 11.3 Å². The Morgan fingerprint density at radius 1 is 1.09 bits per heavy atom. The van der Waals surface area contributed by atoms with Gasteiger partial charge in [0.1, 0.15) is 0 Å². The standard InChI is InChI=1S/C26H29N3O4S2/c1-3-15-28(35(32,33)22-11-9-21(10-12-22)27-19(2)30)18-25(31)29-16-13-24-23(14-17-34-24)26(29)20-7-5-4-6-8-20/h4-12,14,17,26H,3,13,15-16,18H2,1-2H3,(H,27,30). The van der Waals surface area contributed by atoms with E-state index in [9.17, 15) is 18.0 Å². The first-order valence-electron chi connectivity index (χ1n) is 11.6. The number of hydrogen-bond acceptors (Lipinski definition) is 5. The van der Waals surface area contributed by atoms with Crippen LogP contribution in [0.3, 0.4) is 0 Å². The normalized spacial score (nSPS) is 15.6. The van der Waals surface area contributed by atoms with Crippen LogP contribution in [0.4, 0.5) is 5.69 Å². The largest absolute Gasteiger partial charge is 0.330 e. The zero-order valence-electron chi connectivity index (χ0n) is 19.8. The van der Waals surface area contributed by atoms with Gasteiger partial charge in [-0.3, -0.25) is 9.59 Å². The number of rotatable bonds is 8. The Bertz CT molecular complexity index is 1290. The van der Waals surface area contributed by atoms with Gasteiger partial charge in [0.2, 0.25) is 21.8 Å². The molecule has 0 spiro atoms. The van der Waals surface area contributed by atoms with Crippen molar-refractivity contribution in [1.82, 2.24) is 9.21 Å². The maximum absolute atomic E-state index is 13.6. The van der Waals surface area contributed by atoms with Crippen LogP contribution < -0.4 is 5.32 Å². The molecule has 7 nitrogen and oxygen atoms in total. The van der Waals surface area contributed by atoms with Crippen molar-refractivity contribution in [2.24, 2.45) is 0 Å². The highest BCUT2D eigenvalue weighted by Crippen LogP contribution is 2.38. The van der Waals surface area contributed by atoms with E-state index in [2.05, 4.69) is 11.4 Å². The van der Waals surface area contributed by atoms with Crippen molar-refractivity contribution < 1.29 is 18.0 Å². The van der Waals surface area contributed by atoms with Crippen LogP contribution in [0, 0.1) is 0 Å². The lowest BCUT2D eigenvalue weighted by atomic mass is 9.93. The maximum Gasteiger partial charge on any atom is 0.243 e. The first-order chi connectivity index (χ1) is 16.8. The summed E-state index contributed by atoms with van der Waals surface area (Å²) in [5.41, 5.74) is 2.64. The minimum Gasteiger partial charge on any atom is -0.330 e. The van der Waals surface area contributed by atoms with Gasteiger partial charge in [-0.05, 0) is 59.7 Å². The van der Waals surface area contributed by atoms with Crippen molar-refractivity contribution >= 4 is 38.9 Å². The van der Waals surface area contributed by atoms with Gasteiger partial charge in [0.15, 0.2) is 0 Å². The molecule has 2 amide bonds. The summed E-state index contributed by atoms with van der Waals surface area (Å²) >= 11 is 1.70. The number of nitrogens with one attached hydrogen (secondary N) is 1. The van der Waals surface area contributed by atoms with E-state index in [1.807, 2.05) is 47.5 Å². The molecule has 1 atom stereocenters. The monoisotopic (exact) mass is 511 g/mol. The predicted molar refractivity (Wildman–Crippen MR) is 138 cm³/mol. The summed E-state index contributed by atoms with van der Waals surface area (Å²) in [6.45, 7) is 3.82. The molecule has 2 heterocycles. The molecule has 2 aromatic carbocycles. The molecule has 9 heteroatoms. The highest BCUT2D eigenvalue weighted by molar-refractivity contribution is 7.89. The molecule has 35 heavy (non-hydrogen) atoms. The van der Waals surface area contributed by atoms with Crippen molar-refractivity contribution in [2.45, 2.75) is 37.6 Å². The number of amides is 2. The van der Waals surface area contributed by atoms with Gasteiger partial charge in [0, 0.05) is 30.6 Å². The summed E-state index contributed by atoms with van der Waals surface area (Å²) in [6, 6.07) is 17.7. The van der Waals surface area contributed by atoms with Crippen LogP contribution in [0.25, 0.3) is 0 Å². The van der Waals surface area contributed by atoms with Crippen molar-refractivity contribution in [3.05, 3.63) is 82.0 Å². The van der Waals surface area contributed by atoms with Crippen LogP contribution in [-0.4, -0.2) is 49.1 Å². The molecule has 1 aromatic heterocycles. The molecule has 1 aliphatic heterocycles. The zero-order chi connectivity index (χ0) is 25.0. The van der Waals surface area contributed by atoms with E-state index in [0.717, 1.165) is 17.5 Å². The second kappa shape index (κ2) is 10.7. The third-order valence-electron chi connectivity index (χ3n) is 6.00. The van der Waals surface area contributed by atoms with Crippen LogP contribution in [0.2, 0.25) is 0 Å². The molecule has 1 unspecified atom stereocenters. The molecule has 0 radical (unpaired) electrons. The molecule has 1 aliphatic rings. The van der Waals surface area contributed by atoms with E-state index in [-0.39, 0.29) is 35.8 Å². The van der Waals surface area contributed by atoms with Gasteiger partial charge in [-0.25, -0.2) is 8.42 Å². The van der Waals surface area contributed by atoms with Crippen LogP contribution in [0.15, 0.2) is 70.9 Å². The lowest BCUT2D eigenvalue weighted by Crippen LogP contribution is -2.46. The van der Waals surface area contributed by atoms with Crippen molar-refractivity contribution in [2.75, 3.05) is 25.0 Å². The fraction of sp³-hybridized carbons (Fsp3) is 0.308. The van der Waals surface area contributed by atoms with Gasteiger partial charge in [-0.15, -0.1) is 11.3 Å². The second-order valence-corrected chi connectivity index (χ2v) is 11.4. The highest BCUT2D eigenvalue weighted by Gasteiger charge is 2.35. The van der Waals surface area contributed by atoms with E-state index in [1.165, 1.54) is 28.2 Å². The summed E-state index contributed by atoms with van der Waals surface area (Å²) in [6.07, 6.45) is 1.33. The number of anilines is 1. The number of carbonyl (C=O) groups is 2. The topological polar surface area (TPSA) is 86.8 Å². The third kappa shape index (κ3) is 5.47. The number of carbonyl (C=O) groups excluding carboxylic acids is 2. The first-order valence-corrected chi connectivity index (χ1v) is 13.9. The van der Waals surface area contributed by atoms with Gasteiger partial charge in [-0.1, -0.05) is 37.3 Å². The van der Waals surface area contributed by atoms with Gasteiger partial charge in [0.05, 0.1) is 17.5 Å². The number of hydrogen-bond donors (Lipinski definition) is 1. The molecule has 3 aromatic rings. The highest BCUT2D eigenvalue weighted by atomic mass is 32.2. The molecule has 0 bridgehead atoms. The van der Waals surface area contributed by atoms with E-state index in [0.29, 0.717) is 18.7 Å². The van der Waals surface area contributed by atoms with Gasteiger partial charge >= 0.3 is 0 Å². The lowest BCUT2D eigenvalue weighted by Gasteiger charge is -2.37. The number of fused-ring (bicyclic) bond motifs is 1. The van der Waals surface area contributed by atoms with E-state index in [4.69, 9.17) is 0 Å². The Balaban J connectivity index is 1.60. The SMILES string of the molecule is CCCN(CC(=O)N1CCc2sccc2C1c1ccccc1)S(=O)(=O)c1ccc(NC(C)=O)cc1. The van der Waals surface area contributed by atoms with Crippen LogP contribution in [-0.2, 0) is 26.0 Å². The van der Waals surface area contributed by atoms with Crippen molar-refractivity contribution in [3.63, 3.8) is 0 Å². The quantitative estimate of drug-likeness (QED) is 0.489. The third-order valence-corrected chi connectivity index (χ3v) is 8.85. The Morgan fingerprint density at radius 2 is 1.80 bits per heavy atom. The number of thiophene rings is 1. The molecule has 184 valence electrons.